The first-order valence-corrected chi connectivity index (χ1v) is 7.28. The number of ether oxygens (including phenoxy) is 1. The minimum Gasteiger partial charge on any atom is -0.478 e. The van der Waals surface area contributed by atoms with Crippen LogP contribution in [0, 0.1) is 0 Å². The standard InChI is InChI=1S/C17H17N3O3/c1-20(12-7-3-2-4-8-12)19-16(21)11-15-17(22)18-13-9-5-6-10-14(13)23-15/h2-10,15H,11H2,1H3,(H,18,22)(H,19,21)/t15-/m1/s1. The molecule has 1 aliphatic rings. The van der Waals surface area contributed by atoms with Gasteiger partial charge in [0.05, 0.1) is 17.8 Å². The van der Waals surface area contributed by atoms with Crippen LogP contribution in [0.4, 0.5) is 11.4 Å². The number of nitrogens with one attached hydrogen (secondary N) is 2. The van der Waals surface area contributed by atoms with Crippen molar-refractivity contribution in [1.82, 2.24) is 5.43 Å². The Morgan fingerprint density at radius 1 is 1.17 bits per heavy atom. The van der Waals surface area contributed by atoms with E-state index in [-0.39, 0.29) is 18.2 Å². The summed E-state index contributed by atoms with van der Waals surface area (Å²) in [6.07, 6.45) is -0.897. The van der Waals surface area contributed by atoms with Gasteiger partial charge in [-0.2, -0.15) is 0 Å². The van der Waals surface area contributed by atoms with Gasteiger partial charge in [0.15, 0.2) is 6.10 Å². The Balaban J connectivity index is 1.61. The molecule has 6 nitrogen and oxygen atoms in total. The normalized spacial score (nSPS) is 15.9. The third-order valence-electron chi connectivity index (χ3n) is 3.51. The van der Waals surface area contributed by atoms with Crippen LogP contribution < -0.4 is 20.5 Å². The third-order valence-corrected chi connectivity index (χ3v) is 3.51. The molecule has 0 saturated heterocycles. The van der Waals surface area contributed by atoms with E-state index in [1.54, 1.807) is 24.2 Å². The quantitative estimate of drug-likeness (QED) is 0.847. The van der Waals surface area contributed by atoms with Crippen molar-refractivity contribution in [1.29, 1.82) is 0 Å². The van der Waals surface area contributed by atoms with E-state index >= 15 is 0 Å². The number of fused-ring (bicyclic) bond motifs is 1. The van der Waals surface area contributed by atoms with Gasteiger partial charge in [-0.15, -0.1) is 0 Å². The minimum atomic E-state index is -0.839. The molecular formula is C17H17N3O3. The molecule has 23 heavy (non-hydrogen) atoms. The largest absolute Gasteiger partial charge is 0.478 e. The van der Waals surface area contributed by atoms with Crippen LogP contribution >= 0.6 is 0 Å². The number of hydrogen-bond acceptors (Lipinski definition) is 4. The first-order chi connectivity index (χ1) is 11.1. The molecule has 0 unspecified atom stereocenters. The van der Waals surface area contributed by atoms with Crippen molar-refractivity contribution in [2.45, 2.75) is 12.5 Å². The van der Waals surface area contributed by atoms with E-state index in [0.717, 1.165) is 5.69 Å². The van der Waals surface area contributed by atoms with Gasteiger partial charge < -0.3 is 10.1 Å². The van der Waals surface area contributed by atoms with Crippen LogP contribution in [0.25, 0.3) is 0 Å². The first kappa shape index (κ1) is 14.9. The SMILES string of the molecule is CN(NC(=O)C[C@H]1Oc2ccccc2NC1=O)c1ccccc1. The zero-order chi connectivity index (χ0) is 16.2. The minimum absolute atomic E-state index is 0.0582. The fraction of sp³-hybridized carbons (Fsp3) is 0.176. The van der Waals surface area contributed by atoms with E-state index < -0.39 is 6.10 Å². The third kappa shape index (κ3) is 3.42. The van der Waals surface area contributed by atoms with Crippen molar-refractivity contribution in [3.63, 3.8) is 0 Å². The Hall–Kier alpha value is -3.02. The maximum atomic E-state index is 12.1. The van der Waals surface area contributed by atoms with Crippen LogP contribution in [0.15, 0.2) is 54.6 Å². The second kappa shape index (κ2) is 6.39. The molecule has 2 aromatic rings. The molecule has 0 aromatic heterocycles. The van der Waals surface area contributed by atoms with Crippen molar-refractivity contribution in [2.24, 2.45) is 0 Å². The average Bonchev–Trinajstić information content (AvgIpc) is 2.56. The van der Waals surface area contributed by atoms with Crippen molar-refractivity contribution in [3.05, 3.63) is 54.6 Å². The highest BCUT2D eigenvalue weighted by atomic mass is 16.5. The summed E-state index contributed by atoms with van der Waals surface area (Å²) in [5, 5.41) is 4.35. The predicted molar refractivity (Wildman–Crippen MR) is 87.1 cm³/mol. The average molecular weight is 311 g/mol. The lowest BCUT2D eigenvalue weighted by Crippen LogP contribution is -2.45. The number of rotatable bonds is 4. The van der Waals surface area contributed by atoms with E-state index in [2.05, 4.69) is 10.7 Å². The smallest absolute Gasteiger partial charge is 0.266 e. The molecule has 3 rings (SSSR count). The van der Waals surface area contributed by atoms with Gasteiger partial charge in [-0.05, 0) is 24.3 Å². The van der Waals surface area contributed by atoms with Gasteiger partial charge in [-0.25, -0.2) is 0 Å². The van der Waals surface area contributed by atoms with E-state index in [9.17, 15) is 9.59 Å². The predicted octanol–water partition coefficient (Wildman–Crippen LogP) is 1.94. The molecule has 1 aliphatic heterocycles. The number of para-hydroxylation sites is 3. The fourth-order valence-electron chi connectivity index (χ4n) is 2.34. The van der Waals surface area contributed by atoms with Gasteiger partial charge in [-0.3, -0.25) is 20.0 Å². The second-order valence-electron chi connectivity index (χ2n) is 5.23. The number of carbonyl (C=O) groups is 2. The molecule has 1 heterocycles. The Morgan fingerprint density at radius 2 is 1.87 bits per heavy atom. The van der Waals surface area contributed by atoms with Gasteiger partial charge in [0.2, 0.25) is 5.91 Å². The lowest BCUT2D eigenvalue weighted by atomic mass is 10.1. The number of benzene rings is 2. The molecule has 2 N–H and O–H groups in total. The Labute approximate surface area is 134 Å². The highest BCUT2D eigenvalue weighted by Gasteiger charge is 2.29. The number of amides is 2. The summed E-state index contributed by atoms with van der Waals surface area (Å²) in [6, 6.07) is 16.6. The summed E-state index contributed by atoms with van der Waals surface area (Å²) in [4.78, 5) is 24.2. The van der Waals surface area contributed by atoms with Crippen LogP contribution in [0.5, 0.6) is 5.75 Å². The second-order valence-corrected chi connectivity index (χ2v) is 5.23. The molecule has 118 valence electrons. The molecule has 0 saturated carbocycles. The Bertz CT molecular complexity index is 718. The maximum Gasteiger partial charge on any atom is 0.266 e. The number of nitrogens with zero attached hydrogens (tertiary/aromatic N) is 1. The van der Waals surface area contributed by atoms with Gasteiger partial charge in [0, 0.05) is 7.05 Å². The highest BCUT2D eigenvalue weighted by Crippen LogP contribution is 2.29. The fourth-order valence-corrected chi connectivity index (χ4v) is 2.34. The Morgan fingerprint density at radius 3 is 2.65 bits per heavy atom. The van der Waals surface area contributed by atoms with Crippen molar-refractivity contribution in [2.75, 3.05) is 17.4 Å². The molecule has 0 radical (unpaired) electrons. The van der Waals surface area contributed by atoms with Crippen molar-refractivity contribution < 1.29 is 14.3 Å². The molecule has 2 aromatic carbocycles. The number of anilines is 2. The molecule has 0 bridgehead atoms. The summed E-state index contributed by atoms with van der Waals surface area (Å²) in [7, 11) is 1.74. The molecule has 0 spiro atoms. The van der Waals surface area contributed by atoms with Gasteiger partial charge in [0.1, 0.15) is 5.75 Å². The number of hydrazine groups is 1. The van der Waals surface area contributed by atoms with Gasteiger partial charge in [-0.1, -0.05) is 30.3 Å². The topological polar surface area (TPSA) is 70.7 Å². The molecule has 0 fully saturated rings. The van der Waals surface area contributed by atoms with Crippen LogP contribution in [-0.4, -0.2) is 25.0 Å². The molecule has 0 aliphatic carbocycles. The highest BCUT2D eigenvalue weighted by molar-refractivity contribution is 6.00. The van der Waals surface area contributed by atoms with Crippen molar-refractivity contribution >= 4 is 23.2 Å². The lowest BCUT2D eigenvalue weighted by molar-refractivity contribution is -0.130. The number of hydrogen-bond donors (Lipinski definition) is 2. The van der Waals surface area contributed by atoms with Crippen LogP contribution in [0.2, 0.25) is 0 Å². The molecule has 2 amide bonds. The molecule has 1 atom stereocenters. The number of carbonyl (C=O) groups excluding carboxylic acids is 2. The molecule has 6 heteroatoms. The summed E-state index contributed by atoms with van der Waals surface area (Å²) < 4.78 is 5.61. The summed E-state index contributed by atoms with van der Waals surface area (Å²) in [5.41, 5.74) is 4.19. The van der Waals surface area contributed by atoms with Gasteiger partial charge >= 0.3 is 0 Å². The maximum absolute atomic E-state index is 12.1. The summed E-state index contributed by atoms with van der Waals surface area (Å²) in [5.74, 6) is -0.0431. The zero-order valence-corrected chi connectivity index (χ0v) is 12.7. The molecular weight excluding hydrogens is 294 g/mol. The van der Waals surface area contributed by atoms with Gasteiger partial charge in [0.25, 0.3) is 5.91 Å². The van der Waals surface area contributed by atoms with Crippen molar-refractivity contribution in [3.8, 4) is 5.75 Å². The first-order valence-electron chi connectivity index (χ1n) is 7.28. The van der Waals surface area contributed by atoms with E-state index in [4.69, 9.17) is 4.74 Å². The van der Waals surface area contributed by atoms with E-state index in [0.29, 0.717) is 11.4 Å². The van der Waals surface area contributed by atoms with Crippen LogP contribution in [0.3, 0.4) is 0 Å². The van der Waals surface area contributed by atoms with E-state index in [1.807, 2.05) is 42.5 Å². The Kier molecular flexibility index (Phi) is 4.14. The summed E-state index contributed by atoms with van der Waals surface area (Å²) >= 11 is 0. The monoisotopic (exact) mass is 311 g/mol. The summed E-state index contributed by atoms with van der Waals surface area (Å²) in [6.45, 7) is 0. The van der Waals surface area contributed by atoms with Crippen LogP contribution in [0.1, 0.15) is 6.42 Å². The zero-order valence-electron chi connectivity index (χ0n) is 12.7. The van der Waals surface area contributed by atoms with E-state index in [1.165, 1.54) is 0 Å². The van der Waals surface area contributed by atoms with Crippen LogP contribution in [-0.2, 0) is 9.59 Å². The lowest BCUT2D eigenvalue weighted by Gasteiger charge is -2.26.